The number of nitrogens with zero attached hydrogens (tertiary/aromatic N) is 1. The molecule has 98 valence electrons. The summed E-state index contributed by atoms with van der Waals surface area (Å²) in [6.07, 6.45) is 8.91. The molecule has 0 saturated heterocycles. The lowest BCUT2D eigenvalue weighted by Gasteiger charge is -2.28. The summed E-state index contributed by atoms with van der Waals surface area (Å²) in [7, 11) is 0. The van der Waals surface area contributed by atoms with E-state index in [4.69, 9.17) is 0 Å². The van der Waals surface area contributed by atoms with Gasteiger partial charge in [0.15, 0.2) is 0 Å². The van der Waals surface area contributed by atoms with Crippen LogP contribution in [0.15, 0.2) is 24.4 Å². The minimum atomic E-state index is 0.684. The van der Waals surface area contributed by atoms with Crippen LogP contribution in [0.3, 0.4) is 0 Å². The molecule has 3 rings (SSSR count). The number of rotatable bonds is 5. The van der Waals surface area contributed by atoms with E-state index in [0.29, 0.717) is 6.04 Å². The third-order valence-electron chi connectivity index (χ3n) is 5.01. The standard InChI is InChI=1S/C16H24N2/c1-12(16-11-13-5-6-14(16)10-13)17-9-7-15-4-2-3-8-18-15/h2-4,8,12-14,16-17H,5-7,9-11H2,1H3. The first-order chi connectivity index (χ1) is 8.83. The lowest BCUT2D eigenvalue weighted by Crippen LogP contribution is -2.37. The fourth-order valence-electron chi connectivity index (χ4n) is 4.03. The topological polar surface area (TPSA) is 24.9 Å². The van der Waals surface area contributed by atoms with Crippen molar-refractivity contribution < 1.29 is 0 Å². The van der Waals surface area contributed by atoms with Crippen molar-refractivity contribution in [3.63, 3.8) is 0 Å². The van der Waals surface area contributed by atoms with E-state index in [-0.39, 0.29) is 0 Å². The summed E-state index contributed by atoms with van der Waals surface area (Å²) in [5, 5.41) is 3.72. The van der Waals surface area contributed by atoms with Crippen molar-refractivity contribution in [3.05, 3.63) is 30.1 Å². The zero-order valence-corrected chi connectivity index (χ0v) is 11.3. The zero-order chi connectivity index (χ0) is 12.4. The quantitative estimate of drug-likeness (QED) is 0.861. The molecule has 18 heavy (non-hydrogen) atoms. The smallest absolute Gasteiger partial charge is 0.0416 e. The molecule has 4 unspecified atom stereocenters. The van der Waals surface area contributed by atoms with Gasteiger partial charge in [-0.25, -0.2) is 0 Å². The summed E-state index contributed by atoms with van der Waals surface area (Å²) < 4.78 is 0. The van der Waals surface area contributed by atoms with Crippen LogP contribution in [0.2, 0.25) is 0 Å². The van der Waals surface area contributed by atoms with Gasteiger partial charge in [-0.2, -0.15) is 0 Å². The van der Waals surface area contributed by atoms with Gasteiger partial charge < -0.3 is 5.32 Å². The lowest BCUT2D eigenvalue weighted by molar-refractivity contribution is 0.261. The van der Waals surface area contributed by atoms with Crippen molar-refractivity contribution in [1.82, 2.24) is 10.3 Å². The van der Waals surface area contributed by atoms with Crippen molar-refractivity contribution in [2.45, 2.75) is 45.1 Å². The summed E-state index contributed by atoms with van der Waals surface area (Å²) in [5.74, 6) is 3.01. The Balaban J connectivity index is 1.43. The second-order valence-corrected chi connectivity index (χ2v) is 6.15. The molecule has 4 atom stereocenters. The van der Waals surface area contributed by atoms with E-state index < -0.39 is 0 Å². The minimum Gasteiger partial charge on any atom is -0.314 e. The Bertz CT molecular complexity index is 376. The number of aromatic nitrogens is 1. The summed E-state index contributed by atoms with van der Waals surface area (Å²) in [5.41, 5.74) is 1.20. The Hall–Kier alpha value is -0.890. The van der Waals surface area contributed by atoms with E-state index in [1.54, 1.807) is 0 Å². The Morgan fingerprint density at radius 2 is 2.28 bits per heavy atom. The molecule has 1 aromatic heterocycles. The molecule has 0 radical (unpaired) electrons. The molecule has 1 aromatic rings. The monoisotopic (exact) mass is 244 g/mol. The third kappa shape index (κ3) is 2.59. The predicted molar refractivity (Wildman–Crippen MR) is 74.3 cm³/mol. The highest BCUT2D eigenvalue weighted by molar-refractivity contribution is 5.04. The molecule has 2 saturated carbocycles. The SMILES string of the molecule is CC(NCCc1ccccn1)C1CC2CCC1C2. The Labute approximate surface area is 110 Å². The largest absolute Gasteiger partial charge is 0.314 e. The number of hydrogen-bond donors (Lipinski definition) is 1. The highest BCUT2D eigenvalue weighted by atomic mass is 14.9. The molecule has 0 aromatic carbocycles. The van der Waals surface area contributed by atoms with Gasteiger partial charge in [-0.1, -0.05) is 12.5 Å². The van der Waals surface area contributed by atoms with Crippen LogP contribution < -0.4 is 5.32 Å². The lowest BCUT2D eigenvalue weighted by atomic mass is 9.84. The first kappa shape index (κ1) is 12.2. The highest BCUT2D eigenvalue weighted by Crippen LogP contribution is 2.49. The first-order valence-corrected chi connectivity index (χ1v) is 7.46. The number of fused-ring (bicyclic) bond motifs is 2. The molecule has 0 amide bonds. The van der Waals surface area contributed by atoms with Crippen LogP contribution in [0, 0.1) is 17.8 Å². The van der Waals surface area contributed by atoms with Crippen LogP contribution in [0.1, 0.15) is 38.3 Å². The Morgan fingerprint density at radius 1 is 1.33 bits per heavy atom. The van der Waals surface area contributed by atoms with E-state index in [0.717, 1.165) is 30.7 Å². The average Bonchev–Trinajstić information content (AvgIpc) is 3.02. The molecular weight excluding hydrogens is 220 g/mol. The fourth-order valence-corrected chi connectivity index (χ4v) is 4.03. The van der Waals surface area contributed by atoms with E-state index in [9.17, 15) is 0 Å². The maximum absolute atomic E-state index is 4.37. The van der Waals surface area contributed by atoms with Gasteiger partial charge in [-0.05, 0) is 56.1 Å². The molecule has 2 aliphatic rings. The normalized spacial score (nSPS) is 31.7. The second-order valence-electron chi connectivity index (χ2n) is 6.15. The molecule has 2 fully saturated rings. The van der Waals surface area contributed by atoms with Crippen molar-refractivity contribution in [2.24, 2.45) is 17.8 Å². The van der Waals surface area contributed by atoms with Gasteiger partial charge in [-0.3, -0.25) is 4.98 Å². The van der Waals surface area contributed by atoms with E-state index in [1.165, 1.54) is 31.4 Å². The van der Waals surface area contributed by atoms with E-state index in [1.807, 2.05) is 12.3 Å². The number of pyridine rings is 1. The van der Waals surface area contributed by atoms with Gasteiger partial charge in [0.05, 0.1) is 0 Å². The van der Waals surface area contributed by atoms with Crippen LogP contribution in [0.5, 0.6) is 0 Å². The molecule has 1 heterocycles. The highest BCUT2D eigenvalue weighted by Gasteiger charge is 2.41. The molecule has 0 spiro atoms. The molecule has 1 N–H and O–H groups in total. The van der Waals surface area contributed by atoms with Crippen molar-refractivity contribution in [2.75, 3.05) is 6.54 Å². The molecule has 2 nitrogen and oxygen atoms in total. The van der Waals surface area contributed by atoms with Gasteiger partial charge in [0.25, 0.3) is 0 Å². The Kier molecular flexibility index (Phi) is 3.64. The van der Waals surface area contributed by atoms with Gasteiger partial charge in [0.2, 0.25) is 0 Å². The zero-order valence-electron chi connectivity index (χ0n) is 11.3. The molecule has 2 aliphatic carbocycles. The summed E-state index contributed by atoms with van der Waals surface area (Å²) in [4.78, 5) is 4.37. The maximum Gasteiger partial charge on any atom is 0.0416 e. The molecule has 0 aliphatic heterocycles. The van der Waals surface area contributed by atoms with Crippen LogP contribution in [0.25, 0.3) is 0 Å². The molecule has 2 heteroatoms. The molecular formula is C16H24N2. The predicted octanol–water partition coefficient (Wildman–Crippen LogP) is 3.04. The van der Waals surface area contributed by atoms with Gasteiger partial charge in [0, 0.05) is 30.9 Å². The van der Waals surface area contributed by atoms with Crippen LogP contribution in [0.4, 0.5) is 0 Å². The average molecular weight is 244 g/mol. The number of nitrogens with one attached hydrogen (secondary N) is 1. The van der Waals surface area contributed by atoms with Gasteiger partial charge in [-0.15, -0.1) is 0 Å². The Morgan fingerprint density at radius 3 is 2.94 bits per heavy atom. The van der Waals surface area contributed by atoms with Crippen LogP contribution in [-0.2, 0) is 6.42 Å². The summed E-state index contributed by atoms with van der Waals surface area (Å²) in [6.45, 7) is 3.44. The van der Waals surface area contributed by atoms with Gasteiger partial charge in [0.1, 0.15) is 0 Å². The van der Waals surface area contributed by atoms with E-state index >= 15 is 0 Å². The van der Waals surface area contributed by atoms with Crippen molar-refractivity contribution >= 4 is 0 Å². The number of hydrogen-bond acceptors (Lipinski definition) is 2. The van der Waals surface area contributed by atoms with Crippen LogP contribution >= 0.6 is 0 Å². The first-order valence-electron chi connectivity index (χ1n) is 7.46. The summed E-state index contributed by atoms with van der Waals surface area (Å²) in [6, 6.07) is 6.85. The summed E-state index contributed by atoms with van der Waals surface area (Å²) >= 11 is 0. The van der Waals surface area contributed by atoms with Crippen LogP contribution in [-0.4, -0.2) is 17.6 Å². The third-order valence-corrected chi connectivity index (χ3v) is 5.01. The fraction of sp³-hybridized carbons (Fsp3) is 0.688. The van der Waals surface area contributed by atoms with Crippen molar-refractivity contribution in [1.29, 1.82) is 0 Å². The molecule has 2 bridgehead atoms. The second kappa shape index (κ2) is 5.40. The van der Waals surface area contributed by atoms with Gasteiger partial charge >= 0.3 is 0 Å². The maximum atomic E-state index is 4.37. The minimum absolute atomic E-state index is 0.684. The van der Waals surface area contributed by atoms with E-state index in [2.05, 4.69) is 29.4 Å². The van der Waals surface area contributed by atoms with Crippen molar-refractivity contribution in [3.8, 4) is 0 Å².